The maximum Gasteiger partial charge on any atom is 0.338 e. The zero-order valence-electron chi connectivity index (χ0n) is 8.90. The van der Waals surface area contributed by atoms with Gasteiger partial charge in [-0.3, -0.25) is 4.79 Å². The van der Waals surface area contributed by atoms with E-state index in [4.69, 9.17) is 15.6 Å². The van der Waals surface area contributed by atoms with Crippen molar-refractivity contribution < 1.29 is 19.4 Å². The van der Waals surface area contributed by atoms with E-state index in [-0.39, 0.29) is 13.0 Å². The number of aliphatic carboxylic acids is 1. The van der Waals surface area contributed by atoms with Gasteiger partial charge in [0.05, 0.1) is 12.0 Å². The number of aryl methyl sites for hydroxylation is 1. The Morgan fingerprint density at radius 3 is 2.69 bits per heavy atom. The Hall–Kier alpha value is -2.04. The highest BCUT2D eigenvalue weighted by Crippen LogP contribution is 2.13. The Kier molecular flexibility index (Phi) is 3.88. The van der Waals surface area contributed by atoms with E-state index in [2.05, 4.69) is 0 Å². The number of hydrogen-bond donors (Lipinski definition) is 2. The molecule has 1 aromatic rings. The first-order valence-corrected chi connectivity index (χ1v) is 4.75. The molecule has 0 saturated carbocycles. The van der Waals surface area contributed by atoms with Crippen molar-refractivity contribution in [3.8, 4) is 0 Å². The highest BCUT2D eigenvalue weighted by Gasteiger charge is 2.09. The summed E-state index contributed by atoms with van der Waals surface area (Å²) >= 11 is 0. The van der Waals surface area contributed by atoms with Crippen LogP contribution in [0.2, 0.25) is 0 Å². The summed E-state index contributed by atoms with van der Waals surface area (Å²) in [7, 11) is 0. The Morgan fingerprint density at radius 2 is 2.12 bits per heavy atom. The number of nitrogen functional groups attached to an aromatic ring is 1. The first-order valence-electron chi connectivity index (χ1n) is 4.75. The van der Waals surface area contributed by atoms with Crippen molar-refractivity contribution in [2.24, 2.45) is 0 Å². The van der Waals surface area contributed by atoms with Crippen LogP contribution >= 0.6 is 0 Å². The highest BCUT2D eigenvalue weighted by atomic mass is 16.5. The summed E-state index contributed by atoms with van der Waals surface area (Å²) in [5, 5.41) is 8.37. The molecule has 0 unspecified atom stereocenters. The van der Waals surface area contributed by atoms with Crippen LogP contribution in [0.4, 0.5) is 5.69 Å². The van der Waals surface area contributed by atoms with Gasteiger partial charge in [0, 0.05) is 5.69 Å². The summed E-state index contributed by atoms with van der Waals surface area (Å²) in [4.78, 5) is 21.6. The quantitative estimate of drug-likeness (QED) is 0.591. The minimum Gasteiger partial charge on any atom is -0.481 e. The van der Waals surface area contributed by atoms with Gasteiger partial charge in [0.25, 0.3) is 0 Å². The molecule has 0 bridgehead atoms. The lowest BCUT2D eigenvalue weighted by atomic mass is 10.1. The number of carbonyl (C=O) groups is 2. The van der Waals surface area contributed by atoms with Crippen molar-refractivity contribution in [2.45, 2.75) is 13.3 Å². The number of carboxylic acid groups (broad SMARTS) is 1. The van der Waals surface area contributed by atoms with Crippen molar-refractivity contribution in [3.63, 3.8) is 0 Å². The lowest BCUT2D eigenvalue weighted by Crippen LogP contribution is -2.10. The molecule has 5 nitrogen and oxygen atoms in total. The number of benzene rings is 1. The third-order valence-corrected chi connectivity index (χ3v) is 2.06. The van der Waals surface area contributed by atoms with Crippen LogP contribution in [0, 0.1) is 6.92 Å². The van der Waals surface area contributed by atoms with Crippen LogP contribution in [-0.4, -0.2) is 23.7 Å². The van der Waals surface area contributed by atoms with Crippen molar-refractivity contribution >= 4 is 17.6 Å². The largest absolute Gasteiger partial charge is 0.481 e. The van der Waals surface area contributed by atoms with Gasteiger partial charge in [0.2, 0.25) is 0 Å². The Balaban J connectivity index is 2.59. The van der Waals surface area contributed by atoms with E-state index in [1.165, 1.54) is 6.07 Å². The van der Waals surface area contributed by atoms with Crippen LogP contribution in [0.3, 0.4) is 0 Å². The summed E-state index contributed by atoms with van der Waals surface area (Å²) in [5.41, 5.74) is 7.34. The molecule has 5 heteroatoms. The van der Waals surface area contributed by atoms with Gasteiger partial charge < -0.3 is 15.6 Å². The fourth-order valence-corrected chi connectivity index (χ4v) is 1.08. The first-order chi connectivity index (χ1) is 7.50. The van der Waals surface area contributed by atoms with Gasteiger partial charge in [-0.15, -0.1) is 0 Å². The predicted octanol–water partition coefficient (Wildman–Crippen LogP) is 1.21. The molecule has 0 atom stereocenters. The molecule has 0 amide bonds. The average Bonchev–Trinajstić information content (AvgIpc) is 2.21. The van der Waals surface area contributed by atoms with E-state index in [1.54, 1.807) is 12.1 Å². The van der Waals surface area contributed by atoms with Gasteiger partial charge >= 0.3 is 11.9 Å². The van der Waals surface area contributed by atoms with Gasteiger partial charge in [0.15, 0.2) is 0 Å². The van der Waals surface area contributed by atoms with Crippen LogP contribution < -0.4 is 5.73 Å². The zero-order valence-corrected chi connectivity index (χ0v) is 8.90. The van der Waals surface area contributed by atoms with Crippen molar-refractivity contribution in [1.82, 2.24) is 0 Å². The van der Waals surface area contributed by atoms with E-state index >= 15 is 0 Å². The first kappa shape index (κ1) is 12.0. The molecule has 1 aromatic carbocycles. The molecule has 1 rings (SSSR count). The van der Waals surface area contributed by atoms with Crippen LogP contribution in [-0.2, 0) is 9.53 Å². The summed E-state index contributed by atoms with van der Waals surface area (Å²) in [6.45, 7) is 1.69. The normalized spacial score (nSPS) is 9.81. The molecular formula is C11H13NO4. The van der Waals surface area contributed by atoms with Crippen LogP contribution in [0.5, 0.6) is 0 Å². The average molecular weight is 223 g/mol. The predicted molar refractivity (Wildman–Crippen MR) is 58.1 cm³/mol. The van der Waals surface area contributed by atoms with E-state index < -0.39 is 11.9 Å². The molecule has 3 N–H and O–H groups in total. The number of hydrogen-bond acceptors (Lipinski definition) is 4. The lowest BCUT2D eigenvalue weighted by Gasteiger charge is -2.05. The topological polar surface area (TPSA) is 89.6 Å². The zero-order chi connectivity index (χ0) is 12.1. The molecule has 16 heavy (non-hydrogen) atoms. The summed E-state index contributed by atoms with van der Waals surface area (Å²) in [6, 6.07) is 4.82. The Labute approximate surface area is 92.8 Å². The summed E-state index contributed by atoms with van der Waals surface area (Å²) in [5.74, 6) is -1.57. The number of carboxylic acids is 1. The molecule has 0 fully saturated rings. The van der Waals surface area contributed by atoms with E-state index in [0.717, 1.165) is 5.56 Å². The fraction of sp³-hybridized carbons (Fsp3) is 0.273. The number of ether oxygens (including phenoxy) is 1. The van der Waals surface area contributed by atoms with Crippen LogP contribution in [0.25, 0.3) is 0 Å². The van der Waals surface area contributed by atoms with Gasteiger partial charge in [-0.1, -0.05) is 6.07 Å². The second-order valence-corrected chi connectivity index (χ2v) is 3.35. The van der Waals surface area contributed by atoms with Crippen molar-refractivity contribution in [1.29, 1.82) is 0 Å². The molecule has 0 aliphatic carbocycles. The number of nitrogens with two attached hydrogens (primary N) is 1. The van der Waals surface area contributed by atoms with Gasteiger partial charge in [-0.2, -0.15) is 0 Å². The lowest BCUT2D eigenvalue weighted by molar-refractivity contribution is -0.137. The SMILES string of the molecule is Cc1ccc(C(=O)OCCC(=O)O)cc1N. The highest BCUT2D eigenvalue weighted by molar-refractivity contribution is 5.90. The van der Waals surface area contributed by atoms with Crippen LogP contribution in [0.1, 0.15) is 22.3 Å². The summed E-state index contributed by atoms with van der Waals surface area (Å²) in [6.07, 6.45) is -0.201. The second-order valence-electron chi connectivity index (χ2n) is 3.35. The molecule has 0 spiro atoms. The molecule has 0 aliphatic rings. The molecule has 0 aromatic heterocycles. The standard InChI is InChI=1S/C11H13NO4/c1-7-2-3-8(6-9(7)12)11(15)16-5-4-10(13)14/h2-3,6H,4-5,12H2,1H3,(H,13,14). The van der Waals surface area contributed by atoms with E-state index in [9.17, 15) is 9.59 Å². The molecule has 0 saturated heterocycles. The fourth-order valence-electron chi connectivity index (χ4n) is 1.08. The molecular weight excluding hydrogens is 210 g/mol. The monoisotopic (exact) mass is 223 g/mol. The third-order valence-electron chi connectivity index (χ3n) is 2.06. The number of rotatable bonds is 4. The number of anilines is 1. The third kappa shape index (κ3) is 3.27. The van der Waals surface area contributed by atoms with Crippen LogP contribution in [0.15, 0.2) is 18.2 Å². The summed E-state index contributed by atoms with van der Waals surface area (Å²) < 4.78 is 4.76. The number of carbonyl (C=O) groups excluding carboxylic acids is 1. The Bertz CT molecular complexity index is 414. The number of esters is 1. The molecule has 0 heterocycles. The van der Waals surface area contributed by atoms with E-state index in [0.29, 0.717) is 11.3 Å². The minimum absolute atomic E-state index is 0.137. The second kappa shape index (κ2) is 5.16. The minimum atomic E-state index is -1.00. The maximum atomic E-state index is 11.4. The molecule has 0 aliphatic heterocycles. The van der Waals surface area contributed by atoms with Gasteiger partial charge in [0.1, 0.15) is 6.61 Å². The van der Waals surface area contributed by atoms with Gasteiger partial charge in [-0.05, 0) is 24.6 Å². The molecule has 86 valence electrons. The van der Waals surface area contributed by atoms with Gasteiger partial charge in [-0.25, -0.2) is 4.79 Å². The molecule has 0 radical (unpaired) electrons. The smallest absolute Gasteiger partial charge is 0.338 e. The van der Waals surface area contributed by atoms with Crippen molar-refractivity contribution in [2.75, 3.05) is 12.3 Å². The maximum absolute atomic E-state index is 11.4. The van der Waals surface area contributed by atoms with E-state index in [1.807, 2.05) is 6.92 Å². The Morgan fingerprint density at radius 1 is 1.44 bits per heavy atom. The van der Waals surface area contributed by atoms with Crippen molar-refractivity contribution in [3.05, 3.63) is 29.3 Å².